The van der Waals surface area contributed by atoms with Crippen LogP contribution in [-0.2, 0) is 0 Å². The van der Waals surface area contributed by atoms with E-state index in [1.807, 2.05) is 6.08 Å². The van der Waals surface area contributed by atoms with Gasteiger partial charge in [-0.15, -0.1) is 0 Å². The Bertz CT molecular complexity index is 211. The number of likely N-dealkylation sites (tertiary alicyclic amines) is 1. The predicted octanol–water partition coefficient (Wildman–Crippen LogP) is 2.34. The van der Waals surface area contributed by atoms with Gasteiger partial charge in [-0.1, -0.05) is 18.7 Å². The molecule has 1 aliphatic heterocycles. The van der Waals surface area contributed by atoms with Gasteiger partial charge < -0.3 is 4.90 Å². The van der Waals surface area contributed by atoms with Gasteiger partial charge in [0.1, 0.15) is 0 Å². The Morgan fingerprint density at radius 1 is 1.55 bits per heavy atom. The molecule has 1 nitrogen and oxygen atoms in total. The van der Waals surface area contributed by atoms with Crippen molar-refractivity contribution in [2.45, 2.75) is 13.3 Å². The summed E-state index contributed by atoms with van der Waals surface area (Å²) in [4.78, 5) is 2.26. The maximum absolute atomic E-state index is 3.70. The summed E-state index contributed by atoms with van der Waals surface area (Å²) in [5.41, 5.74) is 2.76. The van der Waals surface area contributed by atoms with Crippen molar-refractivity contribution < 1.29 is 0 Å². The minimum absolute atomic E-state index is 1.14. The molecule has 1 heteroatoms. The normalized spacial score (nSPS) is 25.1. The van der Waals surface area contributed by atoms with E-state index in [1.165, 1.54) is 17.7 Å². The first-order valence-electron chi connectivity index (χ1n) is 3.99. The smallest absolute Gasteiger partial charge is 0.0393 e. The van der Waals surface area contributed by atoms with E-state index in [4.69, 9.17) is 0 Å². The van der Waals surface area contributed by atoms with Gasteiger partial charge in [-0.2, -0.15) is 0 Å². The second kappa shape index (κ2) is 3.42. The van der Waals surface area contributed by atoms with Gasteiger partial charge in [0.05, 0.1) is 0 Å². The fourth-order valence-corrected chi connectivity index (χ4v) is 1.42. The van der Waals surface area contributed by atoms with Gasteiger partial charge in [0.2, 0.25) is 0 Å². The maximum atomic E-state index is 3.70. The molecule has 0 aromatic carbocycles. The van der Waals surface area contributed by atoms with E-state index in [-0.39, 0.29) is 0 Å². The molecule has 1 rings (SSSR count). The lowest BCUT2D eigenvalue weighted by atomic mass is 10.2. The molecule has 1 heterocycles. The number of hydrogen-bond acceptors (Lipinski definition) is 1. The third-order valence-corrected chi connectivity index (χ3v) is 2.08. The number of likely N-dealkylation sites (N-methyl/N-ethyl adjacent to an activating group) is 1. The van der Waals surface area contributed by atoms with Crippen LogP contribution in [0.15, 0.2) is 36.1 Å². The van der Waals surface area contributed by atoms with Crippen molar-refractivity contribution in [2.75, 3.05) is 13.6 Å². The third-order valence-electron chi connectivity index (χ3n) is 2.08. The Morgan fingerprint density at radius 3 is 2.82 bits per heavy atom. The van der Waals surface area contributed by atoms with Gasteiger partial charge in [0.15, 0.2) is 0 Å². The van der Waals surface area contributed by atoms with E-state index in [1.54, 1.807) is 0 Å². The molecule has 0 aliphatic carbocycles. The molecule has 1 aliphatic rings. The number of hydrogen-bond donors (Lipinski definition) is 0. The molecule has 0 N–H and O–H groups in total. The van der Waals surface area contributed by atoms with Crippen molar-refractivity contribution in [1.82, 2.24) is 4.90 Å². The van der Waals surface area contributed by atoms with Crippen molar-refractivity contribution >= 4 is 0 Å². The summed E-state index contributed by atoms with van der Waals surface area (Å²) in [5.74, 6) is 0. The summed E-state index contributed by atoms with van der Waals surface area (Å²) < 4.78 is 0. The van der Waals surface area contributed by atoms with Crippen LogP contribution in [0.3, 0.4) is 0 Å². The van der Waals surface area contributed by atoms with E-state index in [0.717, 1.165) is 6.54 Å². The Morgan fingerprint density at radius 2 is 2.27 bits per heavy atom. The lowest BCUT2D eigenvalue weighted by molar-refractivity contribution is 0.482. The van der Waals surface area contributed by atoms with E-state index in [2.05, 4.69) is 37.6 Å². The zero-order chi connectivity index (χ0) is 8.27. The molecule has 0 atom stereocenters. The Hall–Kier alpha value is -0.980. The van der Waals surface area contributed by atoms with Crippen LogP contribution >= 0.6 is 0 Å². The molecular weight excluding hydrogens is 134 g/mol. The summed E-state index contributed by atoms with van der Waals surface area (Å²) in [6.07, 6.45) is 7.27. The first-order chi connectivity index (χ1) is 5.29. The zero-order valence-corrected chi connectivity index (χ0v) is 7.30. The maximum Gasteiger partial charge on any atom is 0.0393 e. The van der Waals surface area contributed by atoms with Crippen LogP contribution in [0.2, 0.25) is 0 Å². The summed E-state index contributed by atoms with van der Waals surface area (Å²) in [6, 6.07) is 0. The average Bonchev–Trinajstić information content (AvgIpc) is 2.34. The topological polar surface area (TPSA) is 3.24 Å². The molecule has 0 spiro atoms. The minimum atomic E-state index is 1.14. The van der Waals surface area contributed by atoms with Crippen molar-refractivity contribution in [3.63, 3.8) is 0 Å². The van der Waals surface area contributed by atoms with Gasteiger partial charge in [-0.05, 0) is 25.0 Å². The van der Waals surface area contributed by atoms with Gasteiger partial charge in [-0.25, -0.2) is 0 Å². The van der Waals surface area contributed by atoms with Crippen molar-refractivity contribution in [3.05, 3.63) is 36.1 Å². The monoisotopic (exact) mass is 149 g/mol. The Balaban J connectivity index is 2.88. The van der Waals surface area contributed by atoms with E-state index >= 15 is 0 Å². The molecule has 1 saturated heterocycles. The van der Waals surface area contributed by atoms with Crippen LogP contribution < -0.4 is 0 Å². The van der Waals surface area contributed by atoms with Crippen LogP contribution in [-0.4, -0.2) is 18.5 Å². The lowest BCUT2D eigenvalue weighted by Gasteiger charge is -2.11. The molecule has 0 bridgehead atoms. The lowest BCUT2D eigenvalue weighted by Crippen LogP contribution is -2.09. The third kappa shape index (κ3) is 1.53. The number of nitrogens with zero attached hydrogens (tertiary/aromatic N) is 1. The molecule has 0 aromatic heterocycles. The van der Waals surface area contributed by atoms with Crippen molar-refractivity contribution in [3.8, 4) is 0 Å². The summed E-state index contributed by atoms with van der Waals surface area (Å²) >= 11 is 0. The minimum Gasteiger partial charge on any atom is -0.374 e. The van der Waals surface area contributed by atoms with E-state index in [0.29, 0.717) is 0 Å². The highest BCUT2D eigenvalue weighted by atomic mass is 15.1. The van der Waals surface area contributed by atoms with Crippen molar-refractivity contribution in [1.29, 1.82) is 0 Å². The fraction of sp³-hybridized carbons (Fsp3) is 0.400. The highest BCUT2D eigenvalue weighted by Gasteiger charge is 2.16. The second-order valence-corrected chi connectivity index (χ2v) is 2.77. The molecule has 0 unspecified atom stereocenters. The summed E-state index contributed by atoms with van der Waals surface area (Å²) in [5, 5.41) is 0. The summed E-state index contributed by atoms with van der Waals surface area (Å²) in [7, 11) is 2.12. The Labute approximate surface area is 68.7 Å². The molecule has 11 heavy (non-hydrogen) atoms. The molecule has 1 fully saturated rings. The quantitative estimate of drug-likeness (QED) is 0.553. The van der Waals surface area contributed by atoms with Crippen LogP contribution in [0.5, 0.6) is 0 Å². The molecule has 0 amide bonds. The molecule has 0 saturated carbocycles. The molecule has 0 aromatic rings. The average molecular weight is 149 g/mol. The van der Waals surface area contributed by atoms with E-state index < -0.39 is 0 Å². The highest BCUT2D eigenvalue weighted by Crippen LogP contribution is 2.24. The van der Waals surface area contributed by atoms with Crippen LogP contribution in [0.4, 0.5) is 0 Å². The van der Waals surface area contributed by atoms with Gasteiger partial charge in [-0.3, -0.25) is 0 Å². The zero-order valence-electron chi connectivity index (χ0n) is 7.30. The fourth-order valence-electron chi connectivity index (χ4n) is 1.42. The number of rotatable bonds is 1. The Kier molecular flexibility index (Phi) is 2.53. The van der Waals surface area contributed by atoms with Gasteiger partial charge in [0, 0.05) is 19.3 Å². The number of allylic oxidation sites excluding steroid dienone is 4. The first-order valence-corrected chi connectivity index (χ1v) is 3.99. The van der Waals surface area contributed by atoms with Gasteiger partial charge >= 0.3 is 0 Å². The van der Waals surface area contributed by atoms with Crippen LogP contribution in [0.1, 0.15) is 13.3 Å². The highest BCUT2D eigenvalue weighted by molar-refractivity contribution is 5.35. The van der Waals surface area contributed by atoms with Crippen LogP contribution in [0, 0.1) is 0 Å². The largest absolute Gasteiger partial charge is 0.374 e. The standard InChI is InChI=1S/C10H15N/c1-4-6-10-9(5-2)7-8-11(10)3/h4-6H,1,7-8H2,2-3H3/b9-5-,10-6+. The van der Waals surface area contributed by atoms with Crippen LogP contribution in [0.25, 0.3) is 0 Å². The van der Waals surface area contributed by atoms with Crippen molar-refractivity contribution in [2.24, 2.45) is 0 Å². The molecular formula is C10H15N. The predicted molar refractivity (Wildman–Crippen MR) is 49.3 cm³/mol. The molecule has 60 valence electrons. The second-order valence-electron chi connectivity index (χ2n) is 2.77. The first kappa shape index (κ1) is 8.12. The van der Waals surface area contributed by atoms with E-state index in [9.17, 15) is 0 Å². The SMILES string of the molecule is C=C/C=C1\C(=C/C)CCN1C. The summed E-state index contributed by atoms with van der Waals surface area (Å²) in [6.45, 7) is 6.92. The van der Waals surface area contributed by atoms with Gasteiger partial charge in [0.25, 0.3) is 0 Å². The molecule has 0 radical (unpaired) electrons.